The van der Waals surface area contributed by atoms with E-state index >= 15 is 0 Å². The topological polar surface area (TPSA) is 120 Å². The predicted octanol–water partition coefficient (Wildman–Crippen LogP) is 2.56. The fourth-order valence-electron chi connectivity index (χ4n) is 6.21. The molecule has 3 saturated heterocycles. The molecule has 1 amide bonds. The molecule has 3 aliphatic rings. The zero-order chi connectivity index (χ0) is 29.3. The lowest BCUT2D eigenvalue weighted by molar-refractivity contribution is -0.116. The number of amides is 1. The number of nitrogens with zero attached hydrogens (tertiary/aromatic N) is 6. The zero-order valence-electron chi connectivity index (χ0n) is 24.3. The first-order valence-electron chi connectivity index (χ1n) is 14.5. The van der Waals surface area contributed by atoms with Crippen LogP contribution >= 0.6 is 0 Å². The van der Waals surface area contributed by atoms with E-state index in [0.717, 1.165) is 67.3 Å². The molecule has 0 atom stereocenters. The monoisotopic (exact) mass is 570 g/mol. The molecule has 6 rings (SSSR count). The van der Waals surface area contributed by atoms with Gasteiger partial charge < -0.3 is 29.9 Å². The number of anilines is 2. The molecule has 0 bridgehead atoms. The maximum Gasteiger partial charge on any atom is 0.253 e. The summed E-state index contributed by atoms with van der Waals surface area (Å²) in [6.07, 6.45) is 6.98. The predicted molar refractivity (Wildman–Crippen MR) is 164 cm³/mol. The first-order chi connectivity index (χ1) is 20.3. The van der Waals surface area contributed by atoms with Crippen LogP contribution in [0.3, 0.4) is 0 Å². The van der Waals surface area contributed by atoms with Gasteiger partial charge in [-0.15, -0.1) is 0 Å². The normalized spacial score (nSPS) is 21.8. The van der Waals surface area contributed by atoms with Gasteiger partial charge in [-0.05, 0) is 50.7 Å². The standard InChI is InChI=1S/C31H38N8O3/c1-21(27-25(19-35-30(27)40)28(32-2)23-6-10-33-29-24(23)7-11-37(29)3)36-26-5-4-22(18-34-26)39-12-8-31(41,9-13-39)20-38-14-16-42-17-15-38/h4-7,10-11,18,41H,2,8-9,12-17,19-20H2,1,3H3,(H,34,36)(H,35,40)/b27-21-,28-25-. The van der Waals surface area contributed by atoms with E-state index in [4.69, 9.17) is 4.74 Å². The van der Waals surface area contributed by atoms with Crippen molar-refractivity contribution >= 4 is 40.9 Å². The number of morpholine rings is 1. The van der Waals surface area contributed by atoms with Gasteiger partial charge in [-0.1, -0.05) is 0 Å². The van der Waals surface area contributed by atoms with E-state index in [-0.39, 0.29) is 5.91 Å². The number of nitrogens with one attached hydrogen (secondary N) is 2. The molecule has 3 aliphatic heterocycles. The van der Waals surface area contributed by atoms with E-state index < -0.39 is 5.60 Å². The lowest BCUT2D eigenvalue weighted by atomic mass is 9.90. The molecule has 11 heteroatoms. The minimum Gasteiger partial charge on any atom is -0.388 e. The Hall–Kier alpha value is -4.06. The highest BCUT2D eigenvalue weighted by molar-refractivity contribution is 6.06. The summed E-state index contributed by atoms with van der Waals surface area (Å²) >= 11 is 0. The average molecular weight is 571 g/mol. The molecule has 3 fully saturated rings. The summed E-state index contributed by atoms with van der Waals surface area (Å²) in [4.78, 5) is 31.1. The van der Waals surface area contributed by atoms with E-state index in [1.54, 1.807) is 6.20 Å². The number of hydrogen-bond donors (Lipinski definition) is 3. The minimum absolute atomic E-state index is 0.163. The van der Waals surface area contributed by atoms with Crippen molar-refractivity contribution in [1.82, 2.24) is 24.8 Å². The van der Waals surface area contributed by atoms with Gasteiger partial charge in [-0.25, -0.2) is 9.97 Å². The molecule has 0 aliphatic carbocycles. The van der Waals surface area contributed by atoms with E-state index in [1.165, 1.54) is 0 Å². The number of hydrogen-bond acceptors (Lipinski definition) is 9. The minimum atomic E-state index is -0.666. The number of carbonyl (C=O) groups is 1. The Morgan fingerprint density at radius 1 is 1.17 bits per heavy atom. The van der Waals surface area contributed by atoms with Crippen LogP contribution < -0.4 is 15.5 Å². The van der Waals surface area contributed by atoms with E-state index in [0.29, 0.717) is 48.7 Å². The molecule has 0 aromatic carbocycles. The molecule has 6 heterocycles. The van der Waals surface area contributed by atoms with Crippen molar-refractivity contribution < 1.29 is 14.6 Å². The van der Waals surface area contributed by atoms with E-state index in [2.05, 4.69) is 42.1 Å². The number of ether oxygens (including phenoxy) is 1. The van der Waals surface area contributed by atoms with Gasteiger partial charge in [0.1, 0.15) is 11.5 Å². The van der Waals surface area contributed by atoms with Crippen LogP contribution in [-0.2, 0) is 16.6 Å². The highest BCUT2D eigenvalue weighted by Gasteiger charge is 2.35. The maximum absolute atomic E-state index is 13.0. The van der Waals surface area contributed by atoms with E-state index in [9.17, 15) is 9.90 Å². The lowest BCUT2D eigenvalue weighted by Crippen LogP contribution is -2.53. The van der Waals surface area contributed by atoms with Crippen molar-refractivity contribution in [2.24, 2.45) is 12.0 Å². The van der Waals surface area contributed by atoms with Crippen LogP contribution in [0.5, 0.6) is 0 Å². The molecular formula is C31H38N8O3. The van der Waals surface area contributed by atoms with Crippen LogP contribution in [0, 0.1) is 0 Å². The number of allylic oxidation sites excluding steroid dienone is 1. The smallest absolute Gasteiger partial charge is 0.253 e. The second kappa shape index (κ2) is 11.7. The first-order valence-corrected chi connectivity index (χ1v) is 14.5. The van der Waals surface area contributed by atoms with Gasteiger partial charge in [0.2, 0.25) is 0 Å². The molecule has 3 aromatic rings. The summed E-state index contributed by atoms with van der Waals surface area (Å²) in [5.74, 6) is 0.482. The molecule has 3 aromatic heterocycles. The van der Waals surface area contributed by atoms with Crippen molar-refractivity contribution in [3.8, 4) is 0 Å². The highest BCUT2D eigenvalue weighted by Crippen LogP contribution is 2.34. The molecule has 42 heavy (non-hydrogen) atoms. The third-order valence-electron chi connectivity index (χ3n) is 8.54. The van der Waals surface area contributed by atoms with Crippen molar-refractivity contribution in [2.45, 2.75) is 25.4 Å². The zero-order valence-corrected chi connectivity index (χ0v) is 24.3. The average Bonchev–Trinajstić information content (AvgIpc) is 3.57. The number of aliphatic imine (C=N–C) groups is 1. The molecule has 0 saturated carbocycles. The van der Waals surface area contributed by atoms with Gasteiger partial charge in [0.05, 0.1) is 42.0 Å². The van der Waals surface area contributed by atoms with Crippen LogP contribution in [0.4, 0.5) is 11.5 Å². The SMILES string of the molecule is C=N/C(=C1/CNC(=O)/C1=C(/C)Nc1ccc(N2CCC(O)(CN3CCOCC3)CC2)cn1)c1ccnc2c1ccn2C. The Bertz CT molecular complexity index is 1540. The van der Waals surface area contributed by atoms with Crippen LogP contribution in [-0.4, -0.2) is 95.2 Å². The van der Waals surface area contributed by atoms with Gasteiger partial charge in [-0.2, -0.15) is 0 Å². The van der Waals surface area contributed by atoms with Gasteiger partial charge in [0.25, 0.3) is 5.91 Å². The molecule has 3 N–H and O–H groups in total. The maximum atomic E-state index is 13.0. The van der Waals surface area contributed by atoms with Crippen LogP contribution in [0.15, 0.2) is 64.7 Å². The Balaban J connectivity index is 1.17. The highest BCUT2D eigenvalue weighted by atomic mass is 16.5. The summed E-state index contributed by atoms with van der Waals surface area (Å²) in [6.45, 7) is 11.5. The summed E-state index contributed by atoms with van der Waals surface area (Å²) in [5.41, 5.74) is 4.74. The van der Waals surface area contributed by atoms with Gasteiger partial charge in [0.15, 0.2) is 0 Å². The number of pyridine rings is 2. The summed E-state index contributed by atoms with van der Waals surface area (Å²) in [7, 11) is 1.95. The number of aliphatic hydroxyl groups is 1. The number of β-amino-alcohol motifs (C(OH)–C–C–N with tert-alkyl or cyclic N) is 1. The molecule has 220 valence electrons. The second-order valence-corrected chi connectivity index (χ2v) is 11.3. The summed E-state index contributed by atoms with van der Waals surface area (Å²) < 4.78 is 7.40. The molecule has 11 nitrogen and oxygen atoms in total. The van der Waals surface area contributed by atoms with Crippen LogP contribution in [0.2, 0.25) is 0 Å². The molecular weight excluding hydrogens is 532 g/mol. The number of piperidine rings is 1. The summed E-state index contributed by atoms with van der Waals surface area (Å²) in [6, 6.07) is 7.87. The molecule has 0 spiro atoms. The van der Waals surface area contributed by atoms with Crippen LogP contribution in [0.1, 0.15) is 25.3 Å². The number of rotatable bonds is 7. The van der Waals surface area contributed by atoms with E-state index in [1.807, 2.05) is 55.2 Å². The second-order valence-electron chi connectivity index (χ2n) is 11.3. The van der Waals surface area contributed by atoms with Crippen molar-refractivity contribution in [1.29, 1.82) is 0 Å². The Kier molecular flexibility index (Phi) is 7.80. The fraction of sp³-hybridized carbons (Fsp3) is 0.419. The lowest BCUT2D eigenvalue weighted by Gasteiger charge is -2.42. The Labute approximate surface area is 245 Å². The Morgan fingerprint density at radius 3 is 2.67 bits per heavy atom. The number of aromatic nitrogens is 3. The number of fused-ring (bicyclic) bond motifs is 1. The number of aryl methyl sites for hydroxylation is 1. The quantitative estimate of drug-likeness (QED) is 0.293. The van der Waals surface area contributed by atoms with Gasteiger partial charge in [0, 0.05) is 80.9 Å². The number of carbonyl (C=O) groups excluding carboxylic acids is 1. The fourth-order valence-corrected chi connectivity index (χ4v) is 6.21. The third kappa shape index (κ3) is 5.55. The van der Waals surface area contributed by atoms with Crippen molar-refractivity contribution in [2.75, 3.05) is 62.7 Å². The van der Waals surface area contributed by atoms with Crippen LogP contribution in [0.25, 0.3) is 16.7 Å². The van der Waals surface area contributed by atoms with Gasteiger partial charge >= 0.3 is 0 Å². The third-order valence-corrected chi connectivity index (χ3v) is 8.54. The first kappa shape index (κ1) is 28.1. The van der Waals surface area contributed by atoms with Gasteiger partial charge in [-0.3, -0.25) is 14.7 Å². The summed E-state index contributed by atoms with van der Waals surface area (Å²) in [5, 5.41) is 18.4. The van der Waals surface area contributed by atoms with Crippen molar-refractivity contribution in [3.63, 3.8) is 0 Å². The Morgan fingerprint density at radius 2 is 1.95 bits per heavy atom. The molecule has 0 radical (unpaired) electrons. The molecule has 0 unspecified atom stereocenters. The largest absolute Gasteiger partial charge is 0.388 e. The van der Waals surface area contributed by atoms with Crippen molar-refractivity contribution in [3.05, 3.63) is 65.3 Å².